The Bertz CT molecular complexity index is 435. The van der Waals surface area contributed by atoms with Crippen molar-refractivity contribution in [2.45, 2.75) is 12.8 Å². The number of rotatable bonds is 5. The number of hydrogen-bond acceptors (Lipinski definition) is 3. The van der Waals surface area contributed by atoms with Crippen LogP contribution in [-0.2, 0) is 4.79 Å². The van der Waals surface area contributed by atoms with Gasteiger partial charge in [0.15, 0.2) is 0 Å². The Balaban J connectivity index is 2.50. The lowest BCUT2D eigenvalue weighted by atomic mass is 10.1. The quantitative estimate of drug-likeness (QED) is 0.559. The summed E-state index contributed by atoms with van der Waals surface area (Å²) < 4.78 is 0.820. The number of amides is 2. The molecule has 0 saturated carbocycles. The molecular formula is C11H14BrN3O2. The van der Waals surface area contributed by atoms with Crippen LogP contribution >= 0.6 is 15.9 Å². The standard InChI is InChI=1S/C11H14BrN3O2/c12-7-3-4-8(9(13)6-7)11(17)15-5-1-2-10(14)16/h3-4,6H,1-2,5,13H2,(H2,14,16)(H,15,17). The van der Waals surface area contributed by atoms with E-state index in [1.807, 2.05) is 0 Å². The molecule has 0 aromatic heterocycles. The summed E-state index contributed by atoms with van der Waals surface area (Å²) in [5.74, 6) is -0.623. The van der Waals surface area contributed by atoms with Gasteiger partial charge in [0.1, 0.15) is 0 Å². The SMILES string of the molecule is NC(=O)CCCNC(=O)c1ccc(Br)cc1N. The van der Waals surface area contributed by atoms with E-state index in [0.717, 1.165) is 4.47 Å². The fraction of sp³-hybridized carbons (Fsp3) is 0.273. The normalized spacial score (nSPS) is 9.94. The van der Waals surface area contributed by atoms with Crippen LogP contribution in [0.5, 0.6) is 0 Å². The lowest BCUT2D eigenvalue weighted by Crippen LogP contribution is -2.26. The predicted molar refractivity (Wildman–Crippen MR) is 69.3 cm³/mol. The summed E-state index contributed by atoms with van der Waals surface area (Å²) in [5.41, 5.74) is 11.5. The first-order valence-corrected chi connectivity index (χ1v) is 5.91. The van der Waals surface area contributed by atoms with Crippen molar-refractivity contribution in [1.29, 1.82) is 0 Å². The van der Waals surface area contributed by atoms with E-state index in [1.54, 1.807) is 18.2 Å². The van der Waals surface area contributed by atoms with Gasteiger partial charge in [-0.05, 0) is 24.6 Å². The second-order valence-corrected chi connectivity index (χ2v) is 4.47. The second kappa shape index (κ2) is 6.24. The van der Waals surface area contributed by atoms with Gasteiger partial charge in [0, 0.05) is 23.1 Å². The maximum atomic E-state index is 11.7. The molecule has 0 unspecified atom stereocenters. The highest BCUT2D eigenvalue weighted by Gasteiger charge is 2.09. The summed E-state index contributed by atoms with van der Waals surface area (Å²) in [6.07, 6.45) is 0.785. The number of carbonyl (C=O) groups excluding carboxylic acids is 2. The Morgan fingerprint density at radius 3 is 2.65 bits per heavy atom. The highest BCUT2D eigenvalue weighted by atomic mass is 79.9. The summed E-state index contributed by atoms with van der Waals surface area (Å²) in [6, 6.07) is 5.05. The van der Waals surface area contributed by atoms with E-state index in [0.29, 0.717) is 24.2 Å². The number of nitrogen functional groups attached to an aromatic ring is 1. The maximum absolute atomic E-state index is 11.7. The molecule has 0 atom stereocenters. The van der Waals surface area contributed by atoms with Gasteiger partial charge in [0.2, 0.25) is 5.91 Å². The van der Waals surface area contributed by atoms with E-state index >= 15 is 0 Å². The van der Waals surface area contributed by atoms with E-state index < -0.39 is 0 Å². The number of primary amides is 1. The van der Waals surface area contributed by atoms with E-state index in [2.05, 4.69) is 21.2 Å². The third-order valence-electron chi connectivity index (χ3n) is 2.14. The molecule has 0 heterocycles. The van der Waals surface area contributed by atoms with E-state index in [1.165, 1.54) is 0 Å². The number of hydrogen-bond donors (Lipinski definition) is 3. The summed E-state index contributed by atoms with van der Waals surface area (Å²) in [6.45, 7) is 0.400. The van der Waals surface area contributed by atoms with Crippen LogP contribution in [0.2, 0.25) is 0 Å². The first kappa shape index (κ1) is 13.5. The van der Waals surface area contributed by atoms with Crippen LogP contribution in [0.15, 0.2) is 22.7 Å². The molecule has 92 valence electrons. The van der Waals surface area contributed by atoms with Crippen molar-refractivity contribution in [2.24, 2.45) is 5.73 Å². The lowest BCUT2D eigenvalue weighted by molar-refractivity contribution is -0.118. The van der Waals surface area contributed by atoms with Gasteiger partial charge in [0.05, 0.1) is 5.56 Å². The van der Waals surface area contributed by atoms with Gasteiger partial charge >= 0.3 is 0 Å². The average molecular weight is 300 g/mol. The van der Waals surface area contributed by atoms with Crippen molar-refractivity contribution < 1.29 is 9.59 Å². The highest BCUT2D eigenvalue weighted by molar-refractivity contribution is 9.10. The third kappa shape index (κ3) is 4.44. The Morgan fingerprint density at radius 1 is 1.35 bits per heavy atom. The second-order valence-electron chi connectivity index (χ2n) is 3.56. The minimum absolute atomic E-state index is 0.250. The van der Waals surface area contributed by atoms with Crippen LogP contribution in [-0.4, -0.2) is 18.4 Å². The fourth-order valence-electron chi connectivity index (χ4n) is 1.30. The van der Waals surface area contributed by atoms with Gasteiger partial charge in [-0.25, -0.2) is 0 Å². The Labute approximate surface area is 108 Å². The number of benzene rings is 1. The first-order valence-electron chi connectivity index (χ1n) is 5.12. The van der Waals surface area contributed by atoms with Gasteiger partial charge < -0.3 is 16.8 Å². The number of anilines is 1. The number of carbonyl (C=O) groups is 2. The molecule has 2 amide bonds. The largest absolute Gasteiger partial charge is 0.398 e. The molecule has 5 N–H and O–H groups in total. The molecule has 1 rings (SSSR count). The maximum Gasteiger partial charge on any atom is 0.253 e. The number of nitrogens with two attached hydrogens (primary N) is 2. The van der Waals surface area contributed by atoms with Crippen LogP contribution in [0, 0.1) is 0 Å². The molecule has 0 bridgehead atoms. The molecule has 5 nitrogen and oxygen atoms in total. The third-order valence-corrected chi connectivity index (χ3v) is 2.64. The van der Waals surface area contributed by atoms with E-state index in [-0.39, 0.29) is 18.2 Å². The molecular weight excluding hydrogens is 286 g/mol. The average Bonchev–Trinajstić information content (AvgIpc) is 2.23. The molecule has 0 aliphatic heterocycles. The Morgan fingerprint density at radius 2 is 2.06 bits per heavy atom. The minimum Gasteiger partial charge on any atom is -0.398 e. The highest BCUT2D eigenvalue weighted by Crippen LogP contribution is 2.18. The number of nitrogens with one attached hydrogen (secondary N) is 1. The van der Waals surface area contributed by atoms with Gasteiger partial charge in [-0.3, -0.25) is 9.59 Å². The molecule has 0 aliphatic rings. The monoisotopic (exact) mass is 299 g/mol. The molecule has 0 fully saturated rings. The molecule has 0 saturated heterocycles. The van der Waals surface area contributed by atoms with Crippen molar-refractivity contribution in [1.82, 2.24) is 5.32 Å². The smallest absolute Gasteiger partial charge is 0.253 e. The van der Waals surface area contributed by atoms with E-state index in [9.17, 15) is 9.59 Å². The lowest BCUT2D eigenvalue weighted by Gasteiger charge is -2.07. The number of halogens is 1. The van der Waals surface area contributed by atoms with Gasteiger partial charge in [-0.2, -0.15) is 0 Å². The van der Waals surface area contributed by atoms with Crippen LogP contribution < -0.4 is 16.8 Å². The molecule has 17 heavy (non-hydrogen) atoms. The van der Waals surface area contributed by atoms with Crippen molar-refractivity contribution in [3.8, 4) is 0 Å². The summed E-state index contributed by atoms with van der Waals surface area (Å²) in [7, 11) is 0. The van der Waals surface area contributed by atoms with Crippen molar-refractivity contribution >= 4 is 33.4 Å². The van der Waals surface area contributed by atoms with Crippen molar-refractivity contribution in [2.75, 3.05) is 12.3 Å². The zero-order chi connectivity index (χ0) is 12.8. The Kier molecular flexibility index (Phi) is 4.96. The van der Waals surface area contributed by atoms with Crippen LogP contribution in [0.3, 0.4) is 0 Å². The molecule has 1 aromatic carbocycles. The van der Waals surface area contributed by atoms with Crippen molar-refractivity contribution in [3.05, 3.63) is 28.2 Å². The zero-order valence-electron chi connectivity index (χ0n) is 9.20. The van der Waals surface area contributed by atoms with Crippen LogP contribution in [0.25, 0.3) is 0 Å². The minimum atomic E-state index is -0.373. The summed E-state index contributed by atoms with van der Waals surface area (Å²) in [4.78, 5) is 22.2. The predicted octanol–water partition coefficient (Wildman–Crippen LogP) is 1.03. The van der Waals surface area contributed by atoms with Gasteiger partial charge in [0.25, 0.3) is 5.91 Å². The van der Waals surface area contributed by atoms with E-state index in [4.69, 9.17) is 11.5 Å². The van der Waals surface area contributed by atoms with Gasteiger partial charge in [-0.15, -0.1) is 0 Å². The fourth-order valence-corrected chi connectivity index (χ4v) is 1.68. The molecule has 0 spiro atoms. The molecule has 0 radical (unpaired) electrons. The zero-order valence-corrected chi connectivity index (χ0v) is 10.8. The molecule has 0 aliphatic carbocycles. The summed E-state index contributed by atoms with van der Waals surface area (Å²) >= 11 is 3.26. The van der Waals surface area contributed by atoms with Crippen LogP contribution in [0.4, 0.5) is 5.69 Å². The summed E-state index contributed by atoms with van der Waals surface area (Å²) in [5, 5.41) is 2.67. The molecule has 6 heteroatoms. The Hall–Kier alpha value is -1.56. The first-order chi connectivity index (χ1) is 8.00. The topological polar surface area (TPSA) is 98.2 Å². The van der Waals surface area contributed by atoms with Crippen molar-refractivity contribution in [3.63, 3.8) is 0 Å². The molecule has 1 aromatic rings. The van der Waals surface area contributed by atoms with Gasteiger partial charge in [-0.1, -0.05) is 15.9 Å². The van der Waals surface area contributed by atoms with Crippen LogP contribution in [0.1, 0.15) is 23.2 Å².